The highest BCUT2D eigenvalue weighted by atomic mass is 16.2. The van der Waals surface area contributed by atoms with E-state index in [1.807, 2.05) is 14.1 Å². The lowest BCUT2D eigenvalue weighted by Gasteiger charge is -2.16. The molecule has 2 aromatic heterocycles. The topological polar surface area (TPSA) is 91.0 Å². The van der Waals surface area contributed by atoms with E-state index in [1.54, 1.807) is 23.2 Å². The van der Waals surface area contributed by atoms with Crippen LogP contribution in [0.2, 0.25) is 0 Å². The van der Waals surface area contributed by atoms with E-state index < -0.39 is 5.91 Å². The van der Waals surface area contributed by atoms with E-state index in [0.29, 0.717) is 11.8 Å². The van der Waals surface area contributed by atoms with Crippen molar-refractivity contribution in [1.29, 1.82) is 0 Å². The van der Waals surface area contributed by atoms with E-state index in [2.05, 4.69) is 20.3 Å². The van der Waals surface area contributed by atoms with Crippen LogP contribution >= 0.6 is 0 Å². The van der Waals surface area contributed by atoms with Gasteiger partial charge >= 0.3 is 0 Å². The summed E-state index contributed by atoms with van der Waals surface area (Å²) in [4.78, 5) is 37.4. The van der Waals surface area contributed by atoms with Crippen LogP contribution in [0.3, 0.4) is 0 Å². The molecule has 0 atom stereocenters. The lowest BCUT2D eigenvalue weighted by molar-refractivity contribution is 0.102. The number of aromatic amines is 1. The molecule has 120 valence electrons. The Morgan fingerprint density at radius 2 is 2.09 bits per heavy atom. The van der Waals surface area contributed by atoms with Gasteiger partial charge in [-0.1, -0.05) is 0 Å². The second-order valence-corrected chi connectivity index (χ2v) is 5.81. The molecule has 2 N–H and O–H groups in total. The number of carbonyl (C=O) groups excluding carboxylic acids is 1. The molecule has 0 saturated heterocycles. The van der Waals surface area contributed by atoms with Crippen molar-refractivity contribution in [2.75, 3.05) is 24.3 Å². The van der Waals surface area contributed by atoms with E-state index in [4.69, 9.17) is 0 Å². The van der Waals surface area contributed by atoms with Crippen molar-refractivity contribution in [1.82, 2.24) is 15.0 Å². The van der Waals surface area contributed by atoms with Gasteiger partial charge in [-0.05, 0) is 43.4 Å². The minimum absolute atomic E-state index is 0.121. The maximum atomic E-state index is 12.4. The summed E-state index contributed by atoms with van der Waals surface area (Å²) in [6.07, 6.45) is 5.48. The van der Waals surface area contributed by atoms with Crippen LogP contribution < -0.4 is 15.8 Å². The molecule has 2 heterocycles. The summed E-state index contributed by atoms with van der Waals surface area (Å²) < 4.78 is 0. The molecule has 1 amide bonds. The van der Waals surface area contributed by atoms with E-state index >= 15 is 0 Å². The summed E-state index contributed by atoms with van der Waals surface area (Å²) in [5.41, 5.74) is 1.77. The van der Waals surface area contributed by atoms with Crippen molar-refractivity contribution in [2.24, 2.45) is 0 Å². The fourth-order valence-corrected chi connectivity index (χ4v) is 2.66. The third-order valence-electron chi connectivity index (χ3n) is 3.87. The normalized spacial score (nSPS) is 13.3. The van der Waals surface area contributed by atoms with Crippen LogP contribution in [0, 0.1) is 0 Å². The Balaban J connectivity index is 1.86. The fraction of sp³-hybridized carbons (Fsp3) is 0.375. The van der Waals surface area contributed by atoms with Crippen molar-refractivity contribution >= 4 is 17.7 Å². The number of rotatable bonds is 3. The molecule has 0 aromatic carbocycles. The molecule has 0 saturated carbocycles. The zero-order valence-corrected chi connectivity index (χ0v) is 13.2. The molecular formula is C16H19N5O2. The number of pyridine rings is 1. The number of aromatic nitrogens is 3. The van der Waals surface area contributed by atoms with Gasteiger partial charge in [0.15, 0.2) is 0 Å². The van der Waals surface area contributed by atoms with Crippen molar-refractivity contribution < 1.29 is 4.79 Å². The lowest BCUT2D eigenvalue weighted by atomic mass is 9.95. The first kappa shape index (κ1) is 15.2. The van der Waals surface area contributed by atoms with Gasteiger partial charge in [0, 0.05) is 26.0 Å². The number of amides is 1. The number of hydrogen-bond donors (Lipinski definition) is 2. The first-order chi connectivity index (χ1) is 11.0. The predicted octanol–water partition coefficient (Wildman–Crippen LogP) is 1.36. The fourth-order valence-electron chi connectivity index (χ4n) is 2.66. The Labute approximate surface area is 133 Å². The SMILES string of the molecule is CN(C)c1nccc(NC(=O)c2cc3c([nH]c2=O)CCCC3)n1. The summed E-state index contributed by atoms with van der Waals surface area (Å²) in [5, 5.41) is 2.66. The smallest absolute Gasteiger partial charge is 0.262 e. The van der Waals surface area contributed by atoms with E-state index in [0.717, 1.165) is 36.9 Å². The molecule has 7 nitrogen and oxygen atoms in total. The van der Waals surface area contributed by atoms with Crippen LogP contribution in [0.4, 0.5) is 11.8 Å². The number of aryl methyl sites for hydroxylation is 2. The second kappa shape index (κ2) is 6.20. The molecule has 3 rings (SSSR count). The summed E-state index contributed by atoms with van der Waals surface area (Å²) in [6.45, 7) is 0. The lowest BCUT2D eigenvalue weighted by Crippen LogP contribution is -2.26. The number of H-pyrrole nitrogens is 1. The van der Waals surface area contributed by atoms with Gasteiger partial charge in [-0.2, -0.15) is 4.98 Å². The van der Waals surface area contributed by atoms with Crippen LogP contribution in [0.15, 0.2) is 23.1 Å². The van der Waals surface area contributed by atoms with Crippen molar-refractivity contribution in [2.45, 2.75) is 25.7 Å². The van der Waals surface area contributed by atoms with Gasteiger partial charge in [0.05, 0.1) is 0 Å². The van der Waals surface area contributed by atoms with Crippen molar-refractivity contribution in [3.05, 3.63) is 45.5 Å². The second-order valence-electron chi connectivity index (χ2n) is 5.81. The summed E-state index contributed by atoms with van der Waals surface area (Å²) in [7, 11) is 3.63. The van der Waals surface area contributed by atoms with E-state index in [-0.39, 0.29) is 11.1 Å². The third kappa shape index (κ3) is 3.23. The molecule has 0 spiro atoms. The molecule has 23 heavy (non-hydrogen) atoms. The highest BCUT2D eigenvalue weighted by Crippen LogP contribution is 2.19. The molecule has 0 radical (unpaired) electrons. The molecule has 0 fully saturated rings. The Kier molecular flexibility index (Phi) is 4.10. The van der Waals surface area contributed by atoms with Gasteiger partial charge < -0.3 is 15.2 Å². The first-order valence-electron chi connectivity index (χ1n) is 7.61. The van der Waals surface area contributed by atoms with Gasteiger partial charge in [0.25, 0.3) is 11.5 Å². The number of fused-ring (bicyclic) bond motifs is 1. The van der Waals surface area contributed by atoms with Crippen molar-refractivity contribution in [3.8, 4) is 0 Å². The number of nitrogens with one attached hydrogen (secondary N) is 2. The number of nitrogens with zero attached hydrogens (tertiary/aromatic N) is 3. The minimum Gasteiger partial charge on any atom is -0.347 e. The van der Waals surface area contributed by atoms with Gasteiger partial charge in [-0.25, -0.2) is 4.98 Å². The first-order valence-corrected chi connectivity index (χ1v) is 7.61. The third-order valence-corrected chi connectivity index (χ3v) is 3.87. The predicted molar refractivity (Wildman–Crippen MR) is 88.0 cm³/mol. The zero-order chi connectivity index (χ0) is 16.4. The minimum atomic E-state index is -0.456. The van der Waals surface area contributed by atoms with Gasteiger partial charge in [-0.3, -0.25) is 9.59 Å². The molecular weight excluding hydrogens is 294 g/mol. The Morgan fingerprint density at radius 3 is 2.87 bits per heavy atom. The van der Waals surface area contributed by atoms with Crippen LogP contribution in [0.25, 0.3) is 0 Å². The Bertz CT molecular complexity index is 797. The molecule has 7 heteroatoms. The molecule has 0 unspecified atom stereocenters. The van der Waals surface area contributed by atoms with E-state index in [1.165, 1.54) is 0 Å². The number of hydrogen-bond acceptors (Lipinski definition) is 5. The largest absolute Gasteiger partial charge is 0.347 e. The number of carbonyl (C=O) groups is 1. The molecule has 1 aliphatic rings. The Morgan fingerprint density at radius 1 is 1.30 bits per heavy atom. The standard InChI is InChI=1S/C16H19N5O2/c1-21(2)16-17-8-7-13(20-16)19-15(23)11-9-10-5-3-4-6-12(10)18-14(11)22/h7-9H,3-6H2,1-2H3,(H,18,22)(H,17,19,20,23). The summed E-state index contributed by atoms with van der Waals surface area (Å²) in [6, 6.07) is 3.30. The van der Waals surface area contributed by atoms with Gasteiger partial charge in [0.1, 0.15) is 11.4 Å². The Hall–Kier alpha value is -2.70. The van der Waals surface area contributed by atoms with E-state index in [9.17, 15) is 9.59 Å². The maximum Gasteiger partial charge on any atom is 0.262 e. The molecule has 2 aromatic rings. The molecule has 1 aliphatic carbocycles. The van der Waals surface area contributed by atoms with Gasteiger partial charge in [0.2, 0.25) is 5.95 Å². The van der Waals surface area contributed by atoms with Crippen molar-refractivity contribution in [3.63, 3.8) is 0 Å². The zero-order valence-electron chi connectivity index (χ0n) is 13.2. The highest BCUT2D eigenvalue weighted by Gasteiger charge is 2.17. The average Bonchev–Trinajstić information content (AvgIpc) is 2.54. The van der Waals surface area contributed by atoms with Crippen LogP contribution in [0.5, 0.6) is 0 Å². The highest BCUT2D eigenvalue weighted by molar-refractivity contribution is 6.03. The van der Waals surface area contributed by atoms with Crippen LogP contribution in [0.1, 0.15) is 34.5 Å². The van der Waals surface area contributed by atoms with Gasteiger partial charge in [-0.15, -0.1) is 0 Å². The molecule has 0 bridgehead atoms. The summed E-state index contributed by atoms with van der Waals surface area (Å²) in [5.74, 6) is 0.399. The maximum absolute atomic E-state index is 12.4. The van der Waals surface area contributed by atoms with Crippen LogP contribution in [-0.2, 0) is 12.8 Å². The number of anilines is 2. The quantitative estimate of drug-likeness (QED) is 0.893. The average molecular weight is 313 g/mol. The molecule has 0 aliphatic heterocycles. The monoisotopic (exact) mass is 313 g/mol. The summed E-state index contributed by atoms with van der Waals surface area (Å²) >= 11 is 0. The van der Waals surface area contributed by atoms with Crippen LogP contribution in [-0.4, -0.2) is 35.0 Å².